The van der Waals surface area contributed by atoms with Gasteiger partial charge in [0.05, 0.1) is 38.6 Å². The van der Waals surface area contributed by atoms with E-state index in [9.17, 15) is 4.79 Å². The molecule has 153 valence electrons. The van der Waals surface area contributed by atoms with Crippen molar-refractivity contribution in [1.29, 1.82) is 0 Å². The molecule has 3 radical (unpaired) electrons. The molecule has 4 rings (SSSR count). The van der Waals surface area contributed by atoms with Gasteiger partial charge in [-0.05, 0) is 37.7 Å². The molecule has 2 N–H and O–H groups in total. The number of hydrogen-bond donors (Lipinski definition) is 1. The zero-order valence-electron chi connectivity index (χ0n) is 16.5. The molecule has 2 aliphatic heterocycles. The van der Waals surface area contributed by atoms with Crippen LogP contribution in [-0.2, 0) is 11.8 Å². The Morgan fingerprint density at radius 1 is 1.31 bits per heavy atom. The molecular weight excluding hydrogens is 427 g/mol. The largest absolute Gasteiger partial charge is 0.383 e. The fourth-order valence-corrected chi connectivity index (χ4v) is 5.29. The molecule has 2 aromatic rings. The number of nitrogen functional groups attached to an aromatic ring is 1. The van der Waals surface area contributed by atoms with Crippen molar-refractivity contribution in [2.24, 2.45) is 12.5 Å². The summed E-state index contributed by atoms with van der Waals surface area (Å²) in [5.41, 5.74) is 6.97. The van der Waals surface area contributed by atoms with E-state index >= 15 is 0 Å². The van der Waals surface area contributed by atoms with E-state index < -0.39 is 0 Å². The van der Waals surface area contributed by atoms with Crippen LogP contribution in [0.4, 0.5) is 11.8 Å². The summed E-state index contributed by atoms with van der Waals surface area (Å²) in [6, 6.07) is 3.40. The Kier molecular flexibility index (Phi) is 5.44. The molecule has 0 saturated carbocycles. The summed E-state index contributed by atoms with van der Waals surface area (Å²) in [4.78, 5) is 19.9. The normalized spacial score (nSPS) is 21.1. The van der Waals surface area contributed by atoms with Crippen LogP contribution in [-0.4, -0.2) is 45.6 Å². The lowest BCUT2D eigenvalue weighted by atomic mass is 9.77. The Morgan fingerprint density at radius 3 is 2.62 bits per heavy atom. The van der Waals surface area contributed by atoms with Crippen LogP contribution in [0.3, 0.4) is 0 Å². The van der Waals surface area contributed by atoms with Gasteiger partial charge in [-0.15, -0.1) is 0 Å². The van der Waals surface area contributed by atoms with E-state index in [1.807, 2.05) is 0 Å². The van der Waals surface area contributed by atoms with Gasteiger partial charge in [-0.3, -0.25) is 9.36 Å². The lowest BCUT2D eigenvalue weighted by Crippen LogP contribution is -2.43. The predicted octanol–water partition coefficient (Wildman–Crippen LogP) is 2.53. The Hall–Kier alpha value is -1.54. The lowest BCUT2D eigenvalue weighted by Gasteiger charge is -2.39. The maximum absolute atomic E-state index is 13.2. The second-order valence-corrected chi connectivity index (χ2v) is 9.53. The van der Waals surface area contributed by atoms with Crippen molar-refractivity contribution in [3.63, 3.8) is 0 Å². The van der Waals surface area contributed by atoms with E-state index in [4.69, 9.17) is 33.7 Å². The predicted molar refractivity (Wildman–Crippen MR) is 119 cm³/mol. The number of nitrogens with two attached hydrogens (primary N) is 1. The standard InChI is InChI=1S/C20H23Cl2N4O2Si/c1-11-9-20(10-28-11)3-5-26(6-4-20)19-24-17(23)15(18(27)25(19)2)13-7-12(29)8-14(21)16(13)22/h7-8,11H,3-6,9-10,23H2,1-2H3/t11-/m0/s1. The Bertz CT molecular complexity index is 1020. The molecular formula is C20H23Cl2N4O2Si. The summed E-state index contributed by atoms with van der Waals surface area (Å²) in [5.74, 6) is 0.728. The Morgan fingerprint density at radius 2 is 2.00 bits per heavy atom. The molecule has 1 aromatic carbocycles. The second kappa shape index (κ2) is 7.61. The highest BCUT2D eigenvalue weighted by Crippen LogP contribution is 2.42. The van der Waals surface area contributed by atoms with Crippen molar-refractivity contribution >= 4 is 50.4 Å². The second-order valence-electron chi connectivity index (χ2n) is 8.17. The highest BCUT2D eigenvalue weighted by atomic mass is 35.5. The van der Waals surface area contributed by atoms with Crippen LogP contribution in [0.25, 0.3) is 11.1 Å². The van der Waals surface area contributed by atoms with Gasteiger partial charge >= 0.3 is 0 Å². The van der Waals surface area contributed by atoms with Crippen molar-refractivity contribution in [3.8, 4) is 11.1 Å². The highest BCUT2D eigenvalue weighted by Gasteiger charge is 2.41. The molecule has 6 nitrogen and oxygen atoms in total. The molecule has 2 aliphatic rings. The molecule has 29 heavy (non-hydrogen) atoms. The van der Waals surface area contributed by atoms with Crippen LogP contribution in [0, 0.1) is 5.41 Å². The summed E-state index contributed by atoms with van der Waals surface area (Å²) in [6.45, 7) is 4.58. The number of ether oxygens (including phenoxy) is 1. The van der Waals surface area contributed by atoms with Gasteiger partial charge in [0.1, 0.15) is 5.82 Å². The van der Waals surface area contributed by atoms with E-state index in [2.05, 4.69) is 27.1 Å². The zero-order valence-corrected chi connectivity index (χ0v) is 19.0. The van der Waals surface area contributed by atoms with Gasteiger partial charge in [-0.25, -0.2) is 0 Å². The fraction of sp³-hybridized carbons (Fsp3) is 0.500. The Labute approximate surface area is 183 Å². The summed E-state index contributed by atoms with van der Waals surface area (Å²) in [7, 11) is 5.16. The molecule has 1 aromatic heterocycles. The van der Waals surface area contributed by atoms with Gasteiger partial charge in [-0.1, -0.05) is 34.5 Å². The minimum atomic E-state index is -0.249. The number of nitrogens with zero attached hydrogens (tertiary/aromatic N) is 3. The fourth-order valence-electron chi connectivity index (χ4n) is 4.49. The van der Waals surface area contributed by atoms with Crippen LogP contribution in [0.2, 0.25) is 10.0 Å². The molecule has 1 atom stereocenters. The number of hydrogen-bond acceptors (Lipinski definition) is 5. The van der Waals surface area contributed by atoms with Crippen LogP contribution in [0.1, 0.15) is 26.2 Å². The van der Waals surface area contributed by atoms with Crippen LogP contribution < -0.4 is 21.4 Å². The van der Waals surface area contributed by atoms with Crippen molar-refractivity contribution in [1.82, 2.24) is 9.55 Å². The average Bonchev–Trinajstić information content (AvgIpc) is 3.03. The van der Waals surface area contributed by atoms with E-state index in [0.29, 0.717) is 27.8 Å². The maximum Gasteiger partial charge on any atom is 0.264 e. The average molecular weight is 450 g/mol. The summed E-state index contributed by atoms with van der Waals surface area (Å²) in [5, 5.41) is 1.32. The first-order valence-electron chi connectivity index (χ1n) is 9.65. The minimum Gasteiger partial charge on any atom is -0.383 e. The zero-order chi connectivity index (χ0) is 20.9. The van der Waals surface area contributed by atoms with Crippen LogP contribution in [0.15, 0.2) is 16.9 Å². The number of anilines is 2. The van der Waals surface area contributed by atoms with E-state index in [1.54, 1.807) is 23.7 Å². The quantitative estimate of drug-likeness (QED) is 0.712. The number of benzene rings is 1. The van der Waals surface area contributed by atoms with E-state index in [1.165, 1.54) is 0 Å². The summed E-state index contributed by atoms with van der Waals surface area (Å²) >= 11 is 12.5. The van der Waals surface area contributed by atoms with Gasteiger partial charge in [0, 0.05) is 25.7 Å². The SMILES string of the molecule is C[C@H]1CC2(CCN(c3nc(N)c(-c4cc([Si])cc(Cl)c4Cl)c(=O)n3C)CC2)CO1. The molecule has 0 aliphatic carbocycles. The number of piperidine rings is 1. The Balaban J connectivity index is 1.68. The van der Waals surface area contributed by atoms with E-state index in [0.717, 1.165) is 39.0 Å². The summed E-state index contributed by atoms with van der Waals surface area (Å²) < 4.78 is 7.35. The minimum absolute atomic E-state index is 0.149. The lowest BCUT2D eigenvalue weighted by molar-refractivity contribution is 0.0974. The van der Waals surface area contributed by atoms with E-state index in [-0.39, 0.29) is 27.4 Å². The van der Waals surface area contributed by atoms with Crippen molar-refractivity contribution in [3.05, 3.63) is 32.5 Å². The first-order valence-corrected chi connectivity index (χ1v) is 10.9. The molecule has 0 unspecified atom stereocenters. The van der Waals surface area contributed by atoms with Crippen LogP contribution >= 0.6 is 23.2 Å². The third-order valence-electron chi connectivity index (χ3n) is 6.09. The molecule has 2 fully saturated rings. The number of halogens is 2. The first-order chi connectivity index (χ1) is 13.7. The molecule has 0 amide bonds. The molecule has 1 spiro atoms. The van der Waals surface area contributed by atoms with Gasteiger partial charge in [0.25, 0.3) is 5.56 Å². The third kappa shape index (κ3) is 3.69. The van der Waals surface area contributed by atoms with Crippen molar-refractivity contribution in [2.45, 2.75) is 32.3 Å². The molecule has 3 heterocycles. The van der Waals surface area contributed by atoms with Gasteiger partial charge in [-0.2, -0.15) is 4.98 Å². The monoisotopic (exact) mass is 449 g/mol. The number of aromatic nitrogens is 2. The maximum atomic E-state index is 13.2. The third-order valence-corrected chi connectivity index (χ3v) is 7.18. The highest BCUT2D eigenvalue weighted by molar-refractivity contribution is 6.45. The molecule has 9 heteroatoms. The first kappa shape index (κ1) is 20.7. The molecule has 2 saturated heterocycles. The van der Waals surface area contributed by atoms with Crippen molar-refractivity contribution in [2.75, 3.05) is 30.3 Å². The van der Waals surface area contributed by atoms with Gasteiger partial charge in [0.15, 0.2) is 0 Å². The smallest absolute Gasteiger partial charge is 0.264 e. The summed E-state index contributed by atoms with van der Waals surface area (Å²) in [6.07, 6.45) is 3.44. The molecule has 0 bridgehead atoms. The number of rotatable bonds is 2. The topological polar surface area (TPSA) is 73.4 Å². The van der Waals surface area contributed by atoms with Gasteiger partial charge < -0.3 is 15.4 Å². The van der Waals surface area contributed by atoms with Crippen molar-refractivity contribution < 1.29 is 4.74 Å². The van der Waals surface area contributed by atoms with Gasteiger partial charge in [0.2, 0.25) is 5.95 Å². The van der Waals surface area contributed by atoms with Crippen LogP contribution in [0.5, 0.6) is 0 Å².